The summed E-state index contributed by atoms with van der Waals surface area (Å²) >= 11 is 0. The second-order valence-electron chi connectivity index (χ2n) is 8.51. The van der Waals surface area contributed by atoms with Crippen LogP contribution in [-0.2, 0) is 4.74 Å². The third-order valence-electron chi connectivity index (χ3n) is 6.47. The zero-order valence-corrected chi connectivity index (χ0v) is 21.3. The average molecular weight is 530 g/mol. The fourth-order valence-electron chi connectivity index (χ4n) is 4.52. The number of benzene rings is 1. The van der Waals surface area contributed by atoms with Crippen molar-refractivity contribution >= 4 is 29.9 Å². The first-order valence-corrected chi connectivity index (χ1v) is 11.2. The Hall–Kier alpha value is -0.900. The molecule has 2 aliphatic heterocycles. The zero-order chi connectivity index (χ0) is 20.6. The van der Waals surface area contributed by atoms with Crippen LogP contribution in [0.25, 0.3) is 0 Å². The van der Waals surface area contributed by atoms with E-state index in [1.165, 1.54) is 5.56 Å². The number of nitrogens with one attached hydrogen (secondary N) is 2. The van der Waals surface area contributed by atoms with E-state index in [1.807, 2.05) is 7.05 Å². The topological polar surface area (TPSA) is 52.1 Å². The molecule has 1 aromatic carbocycles. The molecule has 2 N–H and O–H groups in total. The molecule has 1 aromatic rings. The highest BCUT2D eigenvalue weighted by Crippen LogP contribution is 2.24. The van der Waals surface area contributed by atoms with E-state index in [1.54, 1.807) is 0 Å². The van der Waals surface area contributed by atoms with Gasteiger partial charge < -0.3 is 15.4 Å². The van der Waals surface area contributed by atoms with Gasteiger partial charge in [0, 0.05) is 57.4 Å². The normalized spacial score (nSPS) is 24.0. The summed E-state index contributed by atoms with van der Waals surface area (Å²) in [4.78, 5) is 9.57. The SMILES string of the molecule is CN=C(NCC(C)N1CCOCC1C)NC1CCN(C(C)c2ccccc2)CC1.I. The summed E-state index contributed by atoms with van der Waals surface area (Å²) in [6.07, 6.45) is 2.29. The highest BCUT2D eigenvalue weighted by Gasteiger charge is 2.25. The van der Waals surface area contributed by atoms with E-state index < -0.39 is 0 Å². The minimum absolute atomic E-state index is 0. The van der Waals surface area contributed by atoms with Gasteiger partial charge in [-0.2, -0.15) is 0 Å². The van der Waals surface area contributed by atoms with Crippen molar-refractivity contribution < 1.29 is 4.74 Å². The Morgan fingerprint density at radius 2 is 1.87 bits per heavy atom. The molecule has 0 spiro atoms. The van der Waals surface area contributed by atoms with Crippen molar-refractivity contribution in [2.24, 2.45) is 4.99 Å². The summed E-state index contributed by atoms with van der Waals surface area (Å²) < 4.78 is 5.56. The van der Waals surface area contributed by atoms with E-state index in [0.717, 1.165) is 58.2 Å². The van der Waals surface area contributed by atoms with Gasteiger partial charge in [-0.1, -0.05) is 30.3 Å². The molecule has 30 heavy (non-hydrogen) atoms. The molecule has 0 amide bonds. The first-order valence-electron chi connectivity index (χ1n) is 11.2. The van der Waals surface area contributed by atoms with Gasteiger partial charge in [0.15, 0.2) is 5.96 Å². The van der Waals surface area contributed by atoms with E-state index in [-0.39, 0.29) is 24.0 Å². The summed E-state index contributed by atoms with van der Waals surface area (Å²) in [5.41, 5.74) is 1.41. The molecule has 0 saturated carbocycles. The number of halogens is 1. The molecule has 0 radical (unpaired) electrons. The largest absolute Gasteiger partial charge is 0.379 e. The third kappa shape index (κ3) is 7.07. The number of aliphatic imine (C=N–C) groups is 1. The maximum Gasteiger partial charge on any atom is 0.191 e. The van der Waals surface area contributed by atoms with Crippen molar-refractivity contribution in [3.05, 3.63) is 35.9 Å². The van der Waals surface area contributed by atoms with Gasteiger partial charge in [0.25, 0.3) is 0 Å². The van der Waals surface area contributed by atoms with Gasteiger partial charge in [0.2, 0.25) is 0 Å². The number of morpholine rings is 1. The fourth-order valence-corrected chi connectivity index (χ4v) is 4.52. The van der Waals surface area contributed by atoms with Crippen LogP contribution < -0.4 is 10.6 Å². The maximum atomic E-state index is 5.56. The highest BCUT2D eigenvalue weighted by molar-refractivity contribution is 14.0. The minimum Gasteiger partial charge on any atom is -0.379 e. The molecule has 2 fully saturated rings. The predicted octanol–water partition coefficient (Wildman–Crippen LogP) is 3.10. The lowest BCUT2D eigenvalue weighted by Gasteiger charge is -2.38. The molecule has 2 heterocycles. The fraction of sp³-hybridized carbons (Fsp3) is 0.696. The van der Waals surface area contributed by atoms with Crippen LogP contribution in [0.2, 0.25) is 0 Å². The Balaban J connectivity index is 0.00000320. The predicted molar refractivity (Wildman–Crippen MR) is 136 cm³/mol. The highest BCUT2D eigenvalue weighted by atomic mass is 127. The molecule has 170 valence electrons. The molecular formula is C23H40IN5O. The van der Waals surface area contributed by atoms with Crippen molar-refractivity contribution in [3.63, 3.8) is 0 Å². The smallest absolute Gasteiger partial charge is 0.191 e. The van der Waals surface area contributed by atoms with Crippen LogP contribution in [0.1, 0.15) is 45.2 Å². The Morgan fingerprint density at radius 3 is 2.50 bits per heavy atom. The summed E-state index contributed by atoms with van der Waals surface area (Å²) in [6.45, 7) is 12.6. The molecule has 6 nitrogen and oxygen atoms in total. The van der Waals surface area contributed by atoms with Gasteiger partial charge in [-0.15, -0.1) is 24.0 Å². The quantitative estimate of drug-likeness (QED) is 0.337. The lowest BCUT2D eigenvalue weighted by Crippen LogP contribution is -2.54. The molecule has 0 aliphatic carbocycles. The minimum atomic E-state index is 0. The Bertz CT molecular complexity index is 636. The number of hydrogen-bond acceptors (Lipinski definition) is 4. The number of nitrogens with zero attached hydrogens (tertiary/aromatic N) is 3. The second-order valence-corrected chi connectivity index (χ2v) is 8.51. The average Bonchev–Trinajstić information content (AvgIpc) is 2.77. The van der Waals surface area contributed by atoms with E-state index in [4.69, 9.17) is 4.74 Å². The molecule has 2 saturated heterocycles. The molecule has 0 bridgehead atoms. The lowest BCUT2D eigenvalue weighted by atomic mass is 10.0. The van der Waals surface area contributed by atoms with Gasteiger partial charge in [-0.25, -0.2) is 0 Å². The summed E-state index contributed by atoms with van der Waals surface area (Å²) in [6, 6.07) is 12.7. The first kappa shape index (κ1) is 25.4. The summed E-state index contributed by atoms with van der Waals surface area (Å²) in [5, 5.41) is 7.18. The monoisotopic (exact) mass is 529 g/mol. The van der Waals surface area contributed by atoms with Crippen LogP contribution in [0.5, 0.6) is 0 Å². The van der Waals surface area contributed by atoms with E-state index >= 15 is 0 Å². The van der Waals surface area contributed by atoms with Gasteiger partial charge >= 0.3 is 0 Å². The third-order valence-corrected chi connectivity index (χ3v) is 6.47. The van der Waals surface area contributed by atoms with Gasteiger partial charge in [0.05, 0.1) is 13.2 Å². The summed E-state index contributed by atoms with van der Waals surface area (Å²) in [5.74, 6) is 0.923. The number of guanidine groups is 1. The van der Waals surface area contributed by atoms with E-state index in [9.17, 15) is 0 Å². The van der Waals surface area contributed by atoms with Crippen LogP contribution in [0.3, 0.4) is 0 Å². The van der Waals surface area contributed by atoms with Crippen molar-refractivity contribution in [2.75, 3.05) is 46.4 Å². The van der Waals surface area contributed by atoms with E-state index in [0.29, 0.717) is 24.2 Å². The van der Waals surface area contributed by atoms with Gasteiger partial charge in [0.1, 0.15) is 0 Å². The molecule has 3 rings (SSSR count). The van der Waals surface area contributed by atoms with Crippen molar-refractivity contribution in [3.8, 4) is 0 Å². The zero-order valence-electron chi connectivity index (χ0n) is 19.0. The number of piperidine rings is 1. The lowest BCUT2D eigenvalue weighted by molar-refractivity contribution is -0.0174. The van der Waals surface area contributed by atoms with E-state index in [2.05, 4.69) is 76.5 Å². The van der Waals surface area contributed by atoms with Crippen molar-refractivity contribution in [1.29, 1.82) is 0 Å². The first-order chi connectivity index (χ1) is 14.1. The molecular weight excluding hydrogens is 489 g/mol. The Morgan fingerprint density at radius 1 is 1.17 bits per heavy atom. The van der Waals surface area contributed by atoms with Gasteiger partial charge in [-0.05, 0) is 39.2 Å². The Labute approximate surface area is 199 Å². The Kier molecular flexibility index (Phi) is 10.8. The standard InChI is InChI=1S/C23H39N5O.HI/c1-18(28-14-15-29-17-19(28)2)16-25-23(24-4)26-22-10-12-27(13-11-22)20(3)21-8-6-5-7-9-21;/h5-9,18-20,22H,10-17H2,1-4H3,(H2,24,25,26);1H. The van der Waals surface area contributed by atoms with Crippen LogP contribution in [0.4, 0.5) is 0 Å². The van der Waals surface area contributed by atoms with Crippen LogP contribution >= 0.6 is 24.0 Å². The van der Waals surface area contributed by atoms with Gasteiger partial charge in [-0.3, -0.25) is 14.8 Å². The molecule has 7 heteroatoms. The van der Waals surface area contributed by atoms with Crippen molar-refractivity contribution in [1.82, 2.24) is 20.4 Å². The molecule has 2 aliphatic rings. The van der Waals surface area contributed by atoms with Crippen LogP contribution in [0.15, 0.2) is 35.3 Å². The second kappa shape index (κ2) is 12.8. The van der Waals surface area contributed by atoms with Crippen LogP contribution in [-0.4, -0.2) is 80.3 Å². The molecule has 3 unspecified atom stereocenters. The number of ether oxygens (including phenoxy) is 1. The van der Waals surface area contributed by atoms with Crippen LogP contribution in [0, 0.1) is 0 Å². The summed E-state index contributed by atoms with van der Waals surface area (Å²) in [7, 11) is 1.87. The number of likely N-dealkylation sites (tertiary alicyclic amines) is 1. The number of rotatable bonds is 6. The molecule has 0 aromatic heterocycles. The van der Waals surface area contributed by atoms with Crippen molar-refractivity contribution in [2.45, 2.75) is 57.8 Å². The molecule has 3 atom stereocenters. The maximum absolute atomic E-state index is 5.56. The number of hydrogen-bond donors (Lipinski definition) is 2.